The zero-order chi connectivity index (χ0) is 51.6. The predicted molar refractivity (Wildman–Crippen MR) is 271 cm³/mol. The lowest BCUT2D eigenvalue weighted by molar-refractivity contribution is -0.171. The first kappa shape index (κ1) is 54.4. The quantitative estimate of drug-likeness (QED) is 0.0790. The molecule has 12 unspecified atom stereocenters. The number of hydrogen-bond donors (Lipinski definition) is 0. The number of amides is 1. The van der Waals surface area contributed by atoms with Gasteiger partial charge in [0.25, 0.3) is 0 Å². The van der Waals surface area contributed by atoms with E-state index in [1.165, 1.54) is 56.0 Å². The highest BCUT2D eigenvalue weighted by Crippen LogP contribution is 2.47. The van der Waals surface area contributed by atoms with Crippen molar-refractivity contribution in [1.82, 2.24) is 14.3 Å². The van der Waals surface area contributed by atoms with Gasteiger partial charge in [-0.1, -0.05) is 77.0 Å². The molecule has 412 valence electrons. The van der Waals surface area contributed by atoms with Gasteiger partial charge in [-0.2, -0.15) is 0 Å². The van der Waals surface area contributed by atoms with Crippen LogP contribution in [-0.4, -0.2) is 108 Å². The number of carbonyl (C=O) groups excluding carboxylic acids is 7. The van der Waals surface area contributed by atoms with Crippen molar-refractivity contribution >= 4 is 41.8 Å². The SMILES string of the molecule is Cn1ccn1C(=O)N(CCCC(=O)OC(COC(=O)C1CCC2CCCC2C1)COC(=O)C1CCC2CCCC2C1)CCCC(=O)OC(COC(=O)C1CCC2CCCC2C1)COC(=O)C1CCC2CCCC2C1. The van der Waals surface area contributed by atoms with E-state index >= 15 is 0 Å². The van der Waals surface area contributed by atoms with Crippen LogP contribution in [0.4, 0.5) is 4.79 Å². The molecule has 8 saturated carbocycles. The fourth-order valence-corrected chi connectivity index (χ4v) is 15.3. The maximum atomic E-state index is 13.7. The van der Waals surface area contributed by atoms with Gasteiger partial charge >= 0.3 is 41.8 Å². The minimum absolute atomic E-state index is 0.0589. The molecule has 1 amide bonds. The van der Waals surface area contributed by atoms with Gasteiger partial charge in [0, 0.05) is 45.4 Å². The highest BCUT2D eigenvalue weighted by atomic mass is 16.6. The van der Waals surface area contributed by atoms with Gasteiger partial charge in [-0.3, -0.25) is 33.4 Å². The maximum absolute atomic E-state index is 13.7. The molecule has 8 aliphatic rings. The Kier molecular flexibility index (Phi) is 19.2. The lowest BCUT2D eigenvalue weighted by Gasteiger charge is -2.31. The van der Waals surface area contributed by atoms with Crippen LogP contribution in [0.2, 0.25) is 0 Å². The molecule has 1 aromatic heterocycles. The molecular weight excluding hydrogens is 947 g/mol. The zero-order valence-corrected chi connectivity index (χ0v) is 44.4. The van der Waals surface area contributed by atoms with Crippen molar-refractivity contribution in [3.63, 3.8) is 0 Å². The van der Waals surface area contributed by atoms with Crippen LogP contribution in [0.25, 0.3) is 0 Å². The van der Waals surface area contributed by atoms with Crippen molar-refractivity contribution < 1.29 is 62.0 Å². The van der Waals surface area contributed by atoms with Crippen molar-refractivity contribution in [3.05, 3.63) is 12.4 Å². The normalized spacial score (nSPS) is 31.9. The Morgan fingerprint density at radius 3 is 1.03 bits per heavy atom. The molecule has 0 spiro atoms. The van der Waals surface area contributed by atoms with E-state index in [9.17, 15) is 33.6 Å². The molecule has 8 fully saturated rings. The monoisotopic (exact) mass is 1030 g/mol. The highest BCUT2D eigenvalue weighted by Gasteiger charge is 2.41. The molecule has 1 aromatic rings. The van der Waals surface area contributed by atoms with Crippen LogP contribution in [0.15, 0.2) is 12.4 Å². The average Bonchev–Trinajstić information content (AvgIpc) is 4.26. The van der Waals surface area contributed by atoms with E-state index in [1.54, 1.807) is 29.0 Å². The summed E-state index contributed by atoms with van der Waals surface area (Å²) in [4.78, 5) is 95.7. The number of carbonyl (C=O) groups is 7. The summed E-state index contributed by atoms with van der Waals surface area (Å²) in [5.74, 6) is 1.94. The molecule has 0 radical (unpaired) electrons. The Labute approximate surface area is 438 Å². The van der Waals surface area contributed by atoms with E-state index in [-0.39, 0.29) is 119 Å². The summed E-state index contributed by atoms with van der Waals surface area (Å²) in [5, 5.41) is 0. The summed E-state index contributed by atoms with van der Waals surface area (Å²) in [5.41, 5.74) is 0. The van der Waals surface area contributed by atoms with Crippen LogP contribution >= 0.6 is 0 Å². The van der Waals surface area contributed by atoms with E-state index in [0.717, 1.165) is 103 Å². The minimum atomic E-state index is -0.973. The Morgan fingerprint density at radius 1 is 0.432 bits per heavy atom. The molecule has 16 nitrogen and oxygen atoms in total. The first-order valence-corrected chi connectivity index (χ1v) is 29.5. The Balaban J connectivity index is 0.758. The van der Waals surface area contributed by atoms with Gasteiger partial charge in [-0.25, -0.2) is 9.48 Å². The number of nitrogens with zero attached hydrogens (tertiary/aromatic N) is 3. The average molecular weight is 1030 g/mol. The molecule has 74 heavy (non-hydrogen) atoms. The fourth-order valence-electron chi connectivity index (χ4n) is 15.3. The van der Waals surface area contributed by atoms with E-state index < -0.39 is 24.1 Å². The third-order valence-corrected chi connectivity index (χ3v) is 19.6. The molecule has 0 aromatic carbocycles. The fraction of sp³-hybridized carbons (Fsp3) is 0.845. The second kappa shape index (κ2) is 26.1. The van der Waals surface area contributed by atoms with Gasteiger partial charge in [0.1, 0.15) is 26.4 Å². The van der Waals surface area contributed by atoms with Gasteiger partial charge in [-0.05, 0) is 137 Å². The van der Waals surface area contributed by atoms with Gasteiger partial charge in [0.15, 0.2) is 12.2 Å². The molecule has 9 rings (SSSR count). The standard InChI is InChI=1S/C58H87N3O13/c1-59-28-29-61(59)58(68)60(26-6-16-52(62)73-50(34-69-54(64)46-22-18-38-8-2-12-42(38)30-46)35-70-55(65)47-23-19-39-9-3-13-43(39)31-47)27-7-17-53(63)74-51(36-71-56(66)48-24-20-40-10-4-14-44(40)32-48)37-72-57(67)49-25-21-41-11-5-15-45(41)33-49/h28-29,38-51H,2-27,30-37H2,1H3. The molecule has 0 N–H and O–H groups in total. The third-order valence-electron chi connectivity index (χ3n) is 19.6. The van der Waals surface area contributed by atoms with Gasteiger partial charge in [0.2, 0.25) is 0 Å². The van der Waals surface area contributed by atoms with Gasteiger partial charge in [-0.15, -0.1) is 0 Å². The summed E-state index contributed by atoms with van der Waals surface area (Å²) in [6.07, 6.45) is 26.7. The second-order valence-corrected chi connectivity index (χ2v) is 24.3. The van der Waals surface area contributed by atoms with Crippen LogP contribution in [-0.2, 0) is 64.2 Å². The third kappa shape index (κ3) is 14.4. The van der Waals surface area contributed by atoms with Crippen molar-refractivity contribution in [2.75, 3.05) is 39.5 Å². The number of aromatic nitrogens is 2. The van der Waals surface area contributed by atoms with Crippen LogP contribution in [0.1, 0.15) is 180 Å². The summed E-state index contributed by atoms with van der Waals surface area (Å²) in [6.45, 7) is -0.491. The van der Waals surface area contributed by atoms with E-state index in [4.69, 9.17) is 28.4 Å². The molecule has 16 heteroatoms. The van der Waals surface area contributed by atoms with Crippen LogP contribution < -0.4 is 0 Å². The smallest absolute Gasteiger partial charge is 0.343 e. The van der Waals surface area contributed by atoms with Gasteiger partial charge < -0.3 is 33.3 Å². The molecular formula is C58H87N3O13. The number of aryl methyl sites for hydroxylation is 1. The maximum Gasteiger partial charge on any atom is 0.343 e. The Bertz CT molecular complexity index is 1870. The molecule has 0 bridgehead atoms. The largest absolute Gasteiger partial charge is 0.461 e. The number of ether oxygens (including phenoxy) is 6. The van der Waals surface area contributed by atoms with E-state index in [2.05, 4.69) is 0 Å². The first-order valence-electron chi connectivity index (χ1n) is 29.5. The molecule has 0 aliphatic heterocycles. The molecule has 8 aliphatic carbocycles. The van der Waals surface area contributed by atoms with Crippen molar-refractivity contribution in [3.8, 4) is 0 Å². The number of hydrogen-bond acceptors (Lipinski definition) is 13. The number of fused-ring (bicyclic) bond motifs is 4. The second-order valence-electron chi connectivity index (χ2n) is 24.3. The highest BCUT2D eigenvalue weighted by molar-refractivity contribution is 5.77. The topological polar surface area (TPSA) is 188 Å². The van der Waals surface area contributed by atoms with E-state index in [1.807, 2.05) is 0 Å². The number of rotatable bonds is 22. The van der Waals surface area contributed by atoms with Crippen LogP contribution in [0.5, 0.6) is 0 Å². The predicted octanol–water partition coefficient (Wildman–Crippen LogP) is 9.52. The first-order chi connectivity index (χ1) is 35.9. The van der Waals surface area contributed by atoms with Crippen molar-refractivity contribution in [1.29, 1.82) is 0 Å². The Morgan fingerprint density at radius 2 is 0.743 bits per heavy atom. The summed E-state index contributed by atoms with van der Waals surface area (Å²) >= 11 is 0. The van der Waals surface area contributed by atoms with Crippen LogP contribution in [0.3, 0.4) is 0 Å². The molecule has 12 atom stereocenters. The summed E-state index contributed by atoms with van der Waals surface area (Å²) in [7, 11) is 1.74. The van der Waals surface area contributed by atoms with Crippen molar-refractivity contribution in [2.45, 2.75) is 192 Å². The van der Waals surface area contributed by atoms with Crippen molar-refractivity contribution in [2.24, 2.45) is 78.1 Å². The lowest BCUT2D eigenvalue weighted by Crippen LogP contribution is -2.41. The molecule has 1 heterocycles. The minimum Gasteiger partial charge on any atom is -0.461 e. The Hall–Kier alpha value is -4.37. The van der Waals surface area contributed by atoms with E-state index in [0.29, 0.717) is 47.3 Å². The number of esters is 6. The van der Waals surface area contributed by atoms with Gasteiger partial charge in [0.05, 0.1) is 23.7 Å². The zero-order valence-electron chi connectivity index (χ0n) is 44.4. The van der Waals surface area contributed by atoms with Crippen LogP contribution in [0, 0.1) is 71.0 Å². The molecule has 0 saturated heterocycles. The summed E-state index contributed by atoms with van der Waals surface area (Å²) in [6, 6.07) is -0.332. The lowest BCUT2D eigenvalue weighted by atomic mass is 9.76. The summed E-state index contributed by atoms with van der Waals surface area (Å²) < 4.78 is 38.1.